The molecule has 0 bridgehead atoms. The fraction of sp³-hybridized carbons (Fsp3) is 0.696. The molecule has 29 heavy (non-hydrogen) atoms. The Hall–Kier alpha value is -1.63. The van der Waals surface area contributed by atoms with Crippen molar-refractivity contribution in [3.63, 3.8) is 0 Å². The van der Waals surface area contributed by atoms with Crippen molar-refractivity contribution in [1.82, 2.24) is 20.0 Å². The van der Waals surface area contributed by atoms with E-state index >= 15 is 0 Å². The Labute approximate surface area is 176 Å². The fourth-order valence-electron chi connectivity index (χ4n) is 4.24. The van der Waals surface area contributed by atoms with Crippen LogP contribution in [0.15, 0.2) is 35.3 Å². The molecule has 6 nitrogen and oxygen atoms in total. The molecule has 0 aliphatic carbocycles. The zero-order chi connectivity index (χ0) is 20.3. The molecule has 6 heteroatoms. The lowest BCUT2D eigenvalue weighted by atomic mass is 10.1. The Bertz CT molecular complexity index is 609. The number of hydrogen-bond acceptors (Lipinski definition) is 4. The topological polar surface area (TPSA) is 43.3 Å². The Morgan fingerprint density at radius 2 is 2.00 bits per heavy atom. The van der Waals surface area contributed by atoms with Crippen molar-refractivity contribution in [2.75, 3.05) is 73.1 Å². The molecule has 1 aromatic carbocycles. The lowest BCUT2D eigenvalue weighted by Gasteiger charge is -2.23. The monoisotopic (exact) mass is 401 g/mol. The van der Waals surface area contributed by atoms with E-state index in [0.29, 0.717) is 12.5 Å². The van der Waals surface area contributed by atoms with Crippen LogP contribution in [0.25, 0.3) is 0 Å². The van der Waals surface area contributed by atoms with Crippen LogP contribution < -0.4 is 5.32 Å². The van der Waals surface area contributed by atoms with Crippen molar-refractivity contribution in [3.8, 4) is 0 Å². The van der Waals surface area contributed by atoms with E-state index in [1.807, 2.05) is 13.1 Å². The van der Waals surface area contributed by atoms with Crippen LogP contribution in [-0.4, -0.2) is 93.7 Å². The van der Waals surface area contributed by atoms with Crippen LogP contribution in [-0.2, 0) is 11.3 Å². The molecule has 0 saturated carbocycles. The summed E-state index contributed by atoms with van der Waals surface area (Å²) < 4.78 is 5.95. The van der Waals surface area contributed by atoms with E-state index in [4.69, 9.17) is 4.74 Å². The predicted molar refractivity (Wildman–Crippen MR) is 120 cm³/mol. The summed E-state index contributed by atoms with van der Waals surface area (Å²) in [5, 5.41) is 3.58. The molecule has 0 amide bonds. The summed E-state index contributed by atoms with van der Waals surface area (Å²) in [4.78, 5) is 11.9. The van der Waals surface area contributed by atoms with Gasteiger partial charge in [-0.25, -0.2) is 0 Å². The highest BCUT2D eigenvalue weighted by molar-refractivity contribution is 5.80. The largest absolute Gasteiger partial charge is 0.376 e. The summed E-state index contributed by atoms with van der Waals surface area (Å²) in [6, 6.07) is 10.4. The van der Waals surface area contributed by atoms with Gasteiger partial charge in [-0.1, -0.05) is 30.3 Å². The molecule has 2 heterocycles. The van der Waals surface area contributed by atoms with Crippen molar-refractivity contribution >= 4 is 5.96 Å². The Morgan fingerprint density at radius 1 is 1.14 bits per heavy atom. The molecule has 1 unspecified atom stereocenters. The maximum Gasteiger partial charge on any atom is 0.193 e. The smallest absolute Gasteiger partial charge is 0.193 e. The zero-order valence-corrected chi connectivity index (χ0v) is 18.4. The third-order valence-electron chi connectivity index (χ3n) is 6.01. The van der Waals surface area contributed by atoms with Gasteiger partial charge in [0.1, 0.15) is 0 Å². The third kappa shape index (κ3) is 7.61. The molecular formula is C23H39N5O. The minimum absolute atomic E-state index is 0.589. The van der Waals surface area contributed by atoms with Crippen molar-refractivity contribution in [1.29, 1.82) is 0 Å². The van der Waals surface area contributed by atoms with E-state index < -0.39 is 0 Å². The summed E-state index contributed by atoms with van der Waals surface area (Å²) in [5.41, 5.74) is 1.25. The summed E-state index contributed by atoms with van der Waals surface area (Å²) in [7, 11) is 4.12. The zero-order valence-electron chi connectivity index (χ0n) is 18.4. The molecule has 2 aliphatic rings. The van der Waals surface area contributed by atoms with Gasteiger partial charge >= 0.3 is 0 Å². The number of guanidine groups is 1. The van der Waals surface area contributed by atoms with Gasteiger partial charge in [0.15, 0.2) is 5.96 Å². The summed E-state index contributed by atoms with van der Waals surface area (Å²) in [5.74, 6) is 1.64. The molecule has 2 saturated heterocycles. The molecule has 1 aromatic rings. The van der Waals surface area contributed by atoms with Crippen LogP contribution in [0.1, 0.15) is 24.8 Å². The van der Waals surface area contributed by atoms with Crippen molar-refractivity contribution in [2.45, 2.75) is 25.9 Å². The Kier molecular flexibility index (Phi) is 9.25. The average molecular weight is 402 g/mol. The average Bonchev–Trinajstić information content (AvgIpc) is 3.10. The number of benzene rings is 1. The first-order chi connectivity index (χ1) is 14.2. The maximum atomic E-state index is 5.95. The molecule has 0 spiro atoms. The number of aliphatic imine (C=N–C) groups is 1. The highest BCUT2D eigenvalue weighted by atomic mass is 16.5. The van der Waals surface area contributed by atoms with E-state index in [0.717, 1.165) is 32.2 Å². The van der Waals surface area contributed by atoms with E-state index in [-0.39, 0.29) is 0 Å². The minimum Gasteiger partial charge on any atom is -0.376 e. The number of likely N-dealkylation sites (tertiary alicyclic amines) is 1. The lowest BCUT2D eigenvalue weighted by molar-refractivity contribution is 0.0906. The molecule has 2 fully saturated rings. The number of ether oxygens (including phenoxy) is 1. The van der Waals surface area contributed by atoms with Crippen LogP contribution in [0, 0.1) is 5.92 Å². The first kappa shape index (κ1) is 22.1. The second-order valence-corrected chi connectivity index (χ2v) is 8.43. The summed E-state index contributed by atoms with van der Waals surface area (Å²) >= 11 is 0. The van der Waals surface area contributed by atoms with Crippen molar-refractivity contribution in [2.24, 2.45) is 10.9 Å². The molecule has 2 aliphatic heterocycles. The quantitative estimate of drug-likeness (QED) is 0.411. The van der Waals surface area contributed by atoms with E-state index in [9.17, 15) is 0 Å². The first-order valence-electron chi connectivity index (χ1n) is 11.2. The molecule has 162 valence electrons. The molecule has 3 rings (SSSR count). The number of rotatable bonds is 8. The number of nitrogens with one attached hydrogen (secondary N) is 1. The molecule has 1 atom stereocenters. The second kappa shape index (κ2) is 12.2. The molecule has 0 aromatic heterocycles. The van der Waals surface area contributed by atoms with Gasteiger partial charge in [-0.15, -0.1) is 0 Å². The SMILES string of the molecule is CN=C(NCCCN1CCCN(C)CC1)N1CCC(COCc2ccccc2)C1. The Balaban J connectivity index is 1.30. The van der Waals surface area contributed by atoms with Crippen LogP contribution in [0.2, 0.25) is 0 Å². The van der Waals surface area contributed by atoms with Gasteiger partial charge in [0.2, 0.25) is 0 Å². The summed E-state index contributed by atoms with van der Waals surface area (Å²) in [6.07, 6.45) is 3.63. The number of hydrogen-bond donors (Lipinski definition) is 1. The van der Waals surface area contributed by atoms with Crippen molar-refractivity contribution in [3.05, 3.63) is 35.9 Å². The minimum atomic E-state index is 0.589. The van der Waals surface area contributed by atoms with Gasteiger partial charge in [-0.3, -0.25) is 4.99 Å². The van der Waals surface area contributed by atoms with E-state index in [1.54, 1.807) is 0 Å². The number of nitrogens with zero attached hydrogens (tertiary/aromatic N) is 4. The normalized spacial score (nSPS) is 22.1. The highest BCUT2D eigenvalue weighted by Gasteiger charge is 2.25. The van der Waals surface area contributed by atoms with Gasteiger partial charge in [0.05, 0.1) is 13.2 Å². The Morgan fingerprint density at radius 3 is 2.83 bits per heavy atom. The lowest BCUT2D eigenvalue weighted by Crippen LogP contribution is -2.41. The van der Waals surface area contributed by atoms with Crippen LogP contribution in [0.3, 0.4) is 0 Å². The molecule has 0 radical (unpaired) electrons. The van der Waals surface area contributed by atoms with Gasteiger partial charge in [-0.05, 0) is 51.5 Å². The second-order valence-electron chi connectivity index (χ2n) is 8.43. The van der Waals surface area contributed by atoms with E-state index in [1.165, 1.54) is 57.5 Å². The fourth-order valence-corrected chi connectivity index (χ4v) is 4.24. The van der Waals surface area contributed by atoms with Crippen LogP contribution >= 0.6 is 0 Å². The molecule has 1 N–H and O–H groups in total. The van der Waals surface area contributed by atoms with Crippen LogP contribution in [0.5, 0.6) is 0 Å². The van der Waals surface area contributed by atoms with Gasteiger partial charge in [0, 0.05) is 45.7 Å². The van der Waals surface area contributed by atoms with Crippen LogP contribution in [0.4, 0.5) is 0 Å². The number of likely N-dealkylation sites (N-methyl/N-ethyl adjacent to an activating group) is 1. The van der Waals surface area contributed by atoms with Crippen molar-refractivity contribution < 1.29 is 4.74 Å². The van der Waals surface area contributed by atoms with E-state index in [2.05, 4.69) is 56.3 Å². The van der Waals surface area contributed by atoms with Gasteiger partial charge < -0.3 is 24.8 Å². The van der Waals surface area contributed by atoms with Gasteiger partial charge in [-0.2, -0.15) is 0 Å². The first-order valence-corrected chi connectivity index (χ1v) is 11.2. The maximum absolute atomic E-state index is 5.95. The highest BCUT2D eigenvalue weighted by Crippen LogP contribution is 2.17. The molecular weight excluding hydrogens is 362 g/mol. The van der Waals surface area contributed by atoms with Gasteiger partial charge in [0.25, 0.3) is 0 Å². The third-order valence-corrected chi connectivity index (χ3v) is 6.01. The standard InChI is InChI=1S/C23H39N5O/c1-24-23(25-11-6-13-27-14-7-12-26(2)16-17-27)28-15-10-22(18-28)20-29-19-21-8-4-3-5-9-21/h3-5,8-9,22H,6-7,10-20H2,1-2H3,(H,24,25). The summed E-state index contributed by atoms with van der Waals surface area (Å²) in [6.45, 7) is 10.6. The predicted octanol–water partition coefficient (Wildman–Crippen LogP) is 2.13.